The summed E-state index contributed by atoms with van der Waals surface area (Å²) in [5, 5.41) is 3.18. The van der Waals surface area contributed by atoms with E-state index < -0.39 is 6.04 Å². The molecular weight excluding hydrogens is 480 g/mol. The van der Waals surface area contributed by atoms with Gasteiger partial charge in [-0.3, -0.25) is 9.59 Å². The molecule has 1 fully saturated rings. The minimum absolute atomic E-state index is 0.0705. The summed E-state index contributed by atoms with van der Waals surface area (Å²) < 4.78 is 6.70. The first-order valence-corrected chi connectivity index (χ1v) is 12.8. The molecule has 0 heterocycles. The van der Waals surface area contributed by atoms with E-state index in [0.717, 1.165) is 47.7 Å². The Kier molecular flexibility index (Phi) is 9.36. The number of nitrogens with one attached hydrogen (secondary N) is 1. The van der Waals surface area contributed by atoms with Crippen LogP contribution in [0.15, 0.2) is 46.9 Å². The van der Waals surface area contributed by atoms with Gasteiger partial charge in [-0.05, 0) is 71.8 Å². The zero-order valence-corrected chi connectivity index (χ0v) is 21.5. The second-order valence-electron chi connectivity index (χ2n) is 8.83. The molecule has 33 heavy (non-hydrogen) atoms. The highest BCUT2D eigenvalue weighted by molar-refractivity contribution is 9.10. The summed E-state index contributed by atoms with van der Waals surface area (Å²) in [7, 11) is 0. The minimum atomic E-state index is -0.534. The van der Waals surface area contributed by atoms with Gasteiger partial charge >= 0.3 is 0 Å². The highest BCUT2D eigenvalue weighted by Gasteiger charge is 2.31. The Morgan fingerprint density at radius 1 is 1.12 bits per heavy atom. The number of carbonyl (C=O) groups excluding carboxylic acids is 2. The smallest absolute Gasteiger partial charge is 0.261 e. The van der Waals surface area contributed by atoms with Crippen LogP contribution < -0.4 is 10.1 Å². The normalized spacial score (nSPS) is 14.7. The van der Waals surface area contributed by atoms with Gasteiger partial charge < -0.3 is 15.0 Å². The Morgan fingerprint density at radius 3 is 2.52 bits per heavy atom. The molecule has 0 saturated heterocycles. The fourth-order valence-electron chi connectivity index (χ4n) is 4.40. The summed E-state index contributed by atoms with van der Waals surface area (Å²) in [6, 6.07) is 13.6. The van der Waals surface area contributed by atoms with Crippen LogP contribution in [0.4, 0.5) is 0 Å². The Morgan fingerprint density at radius 2 is 1.88 bits per heavy atom. The van der Waals surface area contributed by atoms with Crippen LogP contribution in [0.5, 0.6) is 5.75 Å². The van der Waals surface area contributed by atoms with Crippen molar-refractivity contribution in [2.24, 2.45) is 0 Å². The number of carbonyl (C=O) groups is 2. The third-order valence-corrected chi connectivity index (χ3v) is 6.90. The first-order valence-electron chi connectivity index (χ1n) is 12.0. The number of amides is 2. The third-order valence-electron chi connectivity index (χ3n) is 6.28. The summed E-state index contributed by atoms with van der Waals surface area (Å²) in [6.07, 6.45) is 5.79. The largest absolute Gasteiger partial charge is 0.483 e. The lowest BCUT2D eigenvalue weighted by molar-refractivity contribution is -0.143. The van der Waals surface area contributed by atoms with Crippen molar-refractivity contribution in [3.05, 3.63) is 63.6 Å². The second-order valence-corrected chi connectivity index (χ2v) is 9.69. The van der Waals surface area contributed by atoms with E-state index in [1.165, 1.54) is 5.56 Å². The standard InChI is InChI=1S/C27H35BrN2O3/c1-4-20-13-14-25(23(28)16-20)33-18-26(31)30(17-21-10-8-9-19(3)15-21)24(5-2)27(32)29-22-11-6-7-12-22/h8-10,13-16,22,24H,4-7,11-12,17-18H2,1-3H3,(H,29,32)/t24-/m0/s1. The molecule has 0 aliphatic heterocycles. The van der Waals surface area contributed by atoms with Gasteiger partial charge in [0.2, 0.25) is 5.91 Å². The number of hydrogen-bond acceptors (Lipinski definition) is 3. The van der Waals surface area contributed by atoms with Gasteiger partial charge in [-0.1, -0.05) is 62.6 Å². The molecule has 5 nitrogen and oxygen atoms in total. The summed E-state index contributed by atoms with van der Waals surface area (Å²) in [5.74, 6) is 0.356. The van der Waals surface area contributed by atoms with Gasteiger partial charge in [-0.15, -0.1) is 0 Å². The van der Waals surface area contributed by atoms with Gasteiger partial charge in [0.05, 0.1) is 4.47 Å². The van der Waals surface area contributed by atoms with Crippen LogP contribution in [-0.2, 0) is 22.6 Å². The van der Waals surface area contributed by atoms with Crippen molar-refractivity contribution in [3.63, 3.8) is 0 Å². The number of aryl methyl sites for hydroxylation is 2. The van der Waals surface area contributed by atoms with Crippen LogP contribution in [-0.4, -0.2) is 35.4 Å². The average molecular weight is 515 g/mol. The molecule has 1 atom stereocenters. The highest BCUT2D eigenvalue weighted by Crippen LogP contribution is 2.26. The van der Waals surface area contributed by atoms with Crippen LogP contribution in [0.1, 0.15) is 62.6 Å². The van der Waals surface area contributed by atoms with Crippen LogP contribution >= 0.6 is 15.9 Å². The minimum Gasteiger partial charge on any atom is -0.483 e. The number of halogens is 1. The fourth-order valence-corrected chi connectivity index (χ4v) is 4.94. The Balaban J connectivity index is 1.77. The maximum Gasteiger partial charge on any atom is 0.261 e. The highest BCUT2D eigenvalue weighted by atomic mass is 79.9. The molecule has 0 bridgehead atoms. The van der Waals surface area contributed by atoms with Gasteiger partial charge in [0, 0.05) is 12.6 Å². The van der Waals surface area contributed by atoms with Crippen molar-refractivity contribution in [2.75, 3.05) is 6.61 Å². The molecule has 3 rings (SSSR count). The van der Waals surface area contributed by atoms with Crippen molar-refractivity contribution < 1.29 is 14.3 Å². The first kappa shape index (κ1) is 25.3. The molecule has 0 aromatic heterocycles. The van der Waals surface area contributed by atoms with E-state index in [4.69, 9.17) is 4.74 Å². The van der Waals surface area contributed by atoms with E-state index in [2.05, 4.69) is 34.2 Å². The maximum atomic E-state index is 13.4. The molecule has 0 unspecified atom stereocenters. The topological polar surface area (TPSA) is 58.6 Å². The van der Waals surface area contributed by atoms with E-state index in [9.17, 15) is 9.59 Å². The molecule has 1 N–H and O–H groups in total. The average Bonchev–Trinajstić information content (AvgIpc) is 3.30. The maximum absolute atomic E-state index is 13.4. The predicted molar refractivity (Wildman–Crippen MR) is 135 cm³/mol. The number of benzene rings is 2. The monoisotopic (exact) mass is 514 g/mol. The molecular formula is C27H35BrN2O3. The van der Waals surface area contributed by atoms with Crippen molar-refractivity contribution >= 4 is 27.7 Å². The third kappa shape index (κ3) is 7.07. The quantitative estimate of drug-likeness (QED) is 0.451. The molecule has 1 aliphatic carbocycles. The molecule has 2 aromatic rings. The van der Waals surface area contributed by atoms with Crippen molar-refractivity contribution in [3.8, 4) is 5.75 Å². The van der Waals surface area contributed by atoms with E-state index in [0.29, 0.717) is 18.7 Å². The molecule has 2 aromatic carbocycles. The summed E-state index contributed by atoms with van der Waals surface area (Å²) in [6.45, 7) is 6.33. The lowest BCUT2D eigenvalue weighted by Crippen LogP contribution is -2.52. The molecule has 0 radical (unpaired) electrons. The number of nitrogens with zero attached hydrogens (tertiary/aromatic N) is 1. The number of rotatable bonds is 10. The molecule has 1 aliphatic rings. The Hall–Kier alpha value is -2.34. The van der Waals surface area contributed by atoms with Gasteiger partial charge in [0.25, 0.3) is 5.91 Å². The predicted octanol–water partition coefficient (Wildman–Crippen LogP) is 5.56. The van der Waals surface area contributed by atoms with E-state index in [-0.39, 0.29) is 24.5 Å². The lowest BCUT2D eigenvalue weighted by atomic mass is 10.1. The molecule has 0 spiro atoms. The van der Waals surface area contributed by atoms with Gasteiger partial charge in [0.1, 0.15) is 11.8 Å². The molecule has 178 valence electrons. The fraction of sp³-hybridized carbons (Fsp3) is 0.481. The van der Waals surface area contributed by atoms with Crippen molar-refractivity contribution in [1.29, 1.82) is 0 Å². The number of ether oxygens (including phenoxy) is 1. The summed E-state index contributed by atoms with van der Waals surface area (Å²) in [4.78, 5) is 28.2. The van der Waals surface area contributed by atoms with Crippen LogP contribution in [0, 0.1) is 6.92 Å². The zero-order chi connectivity index (χ0) is 23.8. The Bertz CT molecular complexity index is 956. The van der Waals surface area contributed by atoms with Crippen LogP contribution in [0.2, 0.25) is 0 Å². The molecule has 1 saturated carbocycles. The van der Waals surface area contributed by atoms with Crippen LogP contribution in [0.3, 0.4) is 0 Å². The van der Waals surface area contributed by atoms with Crippen molar-refractivity contribution in [2.45, 2.75) is 77.9 Å². The van der Waals surface area contributed by atoms with Gasteiger partial charge in [0.15, 0.2) is 6.61 Å². The van der Waals surface area contributed by atoms with Crippen LogP contribution in [0.25, 0.3) is 0 Å². The van der Waals surface area contributed by atoms with E-state index >= 15 is 0 Å². The molecule has 2 amide bonds. The van der Waals surface area contributed by atoms with Gasteiger partial charge in [-0.25, -0.2) is 0 Å². The first-order chi connectivity index (χ1) is 15.9. The second kappa shape index (κ2) is 12.2. The Labute approximate surface area is 206 Å². The van der Waals surface area contributed by atoms with Gasteiger partial charge in [-0.2, -0.15) is 0 Å². The zero-order valence-electron chi connectivity index (χ0n) is 19.9. The van der Waals surface area contributed by atoms with Crippen molar-refractivity contribution in [1.82, 2.24) is 10.2 Å². The number of hydrogen-bond donors (Lipinski definition) is 1. The lowest BCUT2D eigenvalue weighted by Gasteiger charge is -2.31. The molecule has 6 heteroatoms. The SMILES string of the molecule is CCc1ccc(OCC(=O)N(Cc2cccc(C)c2)[C@@H](CC)C(=O)NC2CCCC2)c(Br)c1. The van der Waals surface area contributed by atoms with E-state index in [1.54, 1.807) is 4.90 Å². The van der Waals surface area contributed by atoms with E-state index in [1.807, 2.05) is 50.2 Å². The summed E-state index contributed by atoms with van der Waals surface area (Å²) in [5.41, 5.74) is 3.32. The summed E-state index contributed by atoms with van der Waals surface area (Å²) >= 11 is 3.54.